The van der Waals surface area contributed by atoms with E-state index in [2.05, 4.69) is 0 Å². The van der Waals surface area contributed by atoms with E-state index in [1.807, 2.05) is 12.1 Å². The molecule has 1 aromatic heterocycles. The molecule has 1 saturated carbocycles. The van der Waals surface area contributed by atoms with Crippen LogP contribution in [0, 0.1) is 0 Å². The van der Waals surface area contributed by atoms with E-state index >= 15 is 0 Å². The molecule has 19 heavy (non-hydrogen) atoms. The molecule has 2 aromatic rings. The van der Waals surface area contributed by atoms with Crippen LogP contribution in [-0.4, -0.2) is 6.54 Å². The standard InChI is InChI=1S/C14H14F3NS/c15-14(16,17)12-7-9-6-10(2-3-11(9)19-12)13(8-18)4-1-5-13/h2-3,6-7H,1,4-5,8,18H2. The van der Waals surface area contributed by atoms with Crippen LogP contribution in [0.2, 0.25) is 0 Å². The van der Waals surface area contributed by atoms with Crippen LogP contribution < -0.4 is 5.73 Å². The van der Waals surface area contributed by atoms with Crippen molar-refractivity contribution in [2.24, 2.45) is 5.73 Å². The molecule has 0 saturated heterocycles. The third kappa shape index (κ3) is 2.05. The van der Waals surface area contributed by atoms with E-state index in [0.29, 0.717) is 16.6 Å². The van der Waals surface area contributed by atoms with E-state index in [9.17, 15) is 13.2 Å². The van der Waals surface area contributed by atoms with Crippen molar-refractivity contribution in [2.75, 3.05) is 6.54 Å². The lowest BCUT2D eigenvalue weighted by molar-refractivity contribution is -0.134. The summed E-state index contributed by atoms with van der Waals surface area (Å²) in [7, 11) is 0. The number of hydrogen-bond donors (Lipinski definition) is 1. The lowest BCUT2D eigenvalue weighted by Crippen LogP contribution is -2.41. The van der Waals surface area contributed by atoms with Crippen LogP contribution in [-0.2, 0) is 11.6 Å². The minimum Gasteiger partial charge on any atom is -0.330 e. The Labute approximate surface area is 113 Å². The van der Waals surface area contributed by atoms with Gasteiger partial charge in [0.1, 0.15) is 4.88 Å². The fourth-order valence-electron chi connectivity index (χ4n) is 2.73. The summed E-state index contributed by atoms with van der Waals surface area (Å²) < 4.78 is 38.8. The smallest absolute Gasteiger partial charge is 0.330 e. The fraction of sp³-hybridized carbons (Fsp3) is 0.429. The van der Waals surface area contributed by atoms with Gasteiger partial charge in [0.2, 0.25) is 0 Å². The van der Waals surface area contributed by atoms with Crippen molar-refractivity contribution in [3.05, 3.63) is 34.7 Å². The summed E-state index contributed by atoms with van der Waals surface area (Å²) in [6.45, 7) is 0.564. The zero-order valence-corrected chi connectivity index (χ0v) is 11.1. The van der Waals surface area contributed by atoms with Crippen molar-refractivity contribution in [3.8, 4) is 0 Å². The molecule has 0 amide bonds. The monoisotopic (exact) mass is 285 g/mol. The largest absolute Gasteiger partial charge is 0.425 e. The molecule has 1 nitrogen and oxygen atoms in total. The first-order valence-corrected chi connectivity index (χ1v) is 7.08. The topological polar surface area (TPSA) is 26.0 Å². The lowest BCUT2D eigenvalue weighted by atomic mass is 9.64. The zero-order valence-electron chi connectivity index (χ0n) is 10.3. The second-order valence-corrected chi connectivity index (χ2v) is 6.28. The molecule has 5 heteroatoms. The van der Waals surface area contributed by atoms with E-state index in [4.69, 9.17) is 5.73 Å². The van der Waals surface area contributed by atoms with Gasteiger partial charge in [-0.25, -0.2) is 0 Å². The fourth-order valence-corrected chi connectivity index (χ4v) is 3.64. The number of rotatable bonds is 2. The third-order valence-corrected chi connectivity index (χ3v) is 5.27. The number of halogens is 3. The normalized spacial score (nSPS) is 18.5. The average molecular weight is 285 g/mol. The van der Waals surface area contributed by atoms with E-state index in [1.54, 1.807) is 6.07 Å². The summed E-state index contributed by atoms with van der Waals surface area (Å²) in [5.41, 5.74) is 6.92. The van der Waals surface area contributed by atoms with Crippen LogP contribution in [0.15, 0.2) is 24.3 Å². The molecule has 0 spiro atoms. The molecule has 1 heterocycles. The molecule has 0 unspecified atom stereocenters. The Bertz CT molecular complexity index is 605. The van der Waals surface area contributed by atoms with E-state index in [-0.39, 0.29) is 5.41 Å². The van der Waals surface area contributed by atoms with Gasteiger partial charge in [-0.3, -0.25) is 0 Å². The molecule has 1 aliphatic rings. The van der Waals surface area contributed by atoms with Gasteiger partial charge in [0, 0.05) is 16.7 Å². The van der Waals surface area contributed by atoms with Crippen LogP contribution >= 0.6 is 11.3 Å². The van der Waals surface area contributed by atoms with Crippen molar-refractivity contribution in [3.63, 3.8) is 0 Å². The van der Waals surface area contributed by atoms with Gasteiger partial charge in [-0.05, 0) is 42.0 Å². The molecule has 0 radical (unpaired) electrons. The van der Waals surface area contributed by atoms with Gasteiger partial charge in [0.15, 0.2) is 0 Å². The van der Waals surface area contributed by atoms with Crippen LogP contribution in [0.25, 0.3) is 10.1 Å². The zero-order chi connectivity index (χ0) is 13.7. The Kier molecular flexibility index (Phi) is 2.87. The molecular weight excluding hydrogens is 271 g/mol. The highest BCUT2D eigenvalue weighted by Gasteiger charge is 2.38. The Morgan fingerprint density at radius 1 is 1.21 bits per heavy atom. The first-order valence-electron chi connectivity index (χ1n) is 6.26. The average Bonchev–Trinajstić information content (AvgIpc) is 2.71. The van der Waals surface area contributed by atoms with Crippen molar-refractivity contribution in [1.82, 2.24) is 0 Å². The molecule has 0 aliphatic heterocycles. The number of benzene rings is 1. The van der Waals surface area contributed by atoms with Gasteiger partial charge < -0.3 is 5.73 Å². The maximum atomic E-state index is 12.7. The van der Waals surface area contributed by atoms with Crippen LogP contribution in [0.5, 0.6) is 0 Å². The van der Waals surface area contributed by atoms with Gasteiger partial charge in [-0.15, -0.1) is 11.3 Å². The second kappa shape index (κ2) is 4.21. The molecular formula is C14H14F3NS. The number of alkyl halides is 3. The maximum Gasteiger partial charge on any atom is 0.425 e. The van der Waals surface area contributed by atoms with Crippen molar-refractivity contribution < 1.29 is 13.2 Å². The Hall–Kier alpha value is -1.07. The number of thiophene rings is 1. The van der Waals surface area contributed by atoms with E-state index in [0.717, 1.165) is 36.2 Å². The SMILES string of the molecule is NCC1(c2ccc3sc(C(F)(F)F)cc3c2)CCC1. The van der Waals surface area contributed by atoms with Crippen LogP contribution in [0.4, 0.5) is 13.2 Å². The van der Waals surface area contributed by atoms with Crippen LogP contribution in [0.3, 0.4) is 0 Å². The lowest BCUT2D eigenvalue weighted by Gasteiger charge is -2.41. The second-order valence-electron chi connectivity index (χ2n) is 5.20. The Morgan fingerprint density at radius 2 is 1.95 bits per heavy atom. The molecule has 2 N–H and O–H groups in total. The molecule has 0 atom stereocenters. The molecule has 1 aromatic carbocycles. The number of nitrogens with two attached hydrogens (primary N) is 1. The first-order chi connectivity index (χ1) is 8.94. The van der Waals surface area contributed by atoms with Gasteiger partial charge in [0.25, 0.3) is 0 Å². The summed E-state index contributed by atoms with van der Waals surface area (Å²) in [5, 5.41) is 0.676. The van der Waals surface area contributed by atoms with E-state index < -0.39 is 11.1 Å². The third-order valence-electron chi connectivity index (χ3n) is 4.11. The van der Waals surface area contributed by atoms with Crippen LogP contribution in [0.1, 0.15) is 29.7 Å². The highest BCUT2D eigenvalue weighted by atomic mass is 32.1. The molecule has 102 valence electrons. The summed E-state index contributed by atoms with van der Waals surface area (Å²) in [4.78, 5) is -0.532. The minimum absolute atomic E-state index is 0.00543. The summed E-state index contributed by atoms with van der Waals surface area (Å²) in [6.07, 6.45) is -1.05. The van der Waals surface area contributed by atoms with Gasteiger partial charge in [-0.1, -0.05) is 12.5 Å². The summed E-state index contributed by atoms with van der Waals surface area (Å²) in [5.74, 6) is 0. The van der Waals surface area contributed by atoms with Crippen molar-refractivity contribution in [2.45, 2.75) is 30.9 Å². The number of fused-ring (bicyclic) bond motifs is 1. The first kappa shape index (κ1) is 12.9. The molecule has 0 bridgehead atoms. The summed E-state index contributed by atoms with van der Waals surface area (Å²) >= 11 is 0.801. The molecule has 1 fully saturated rings. The molecule has 3 rings (SSSR count). The molecule has 1 aliphatic carbocycles. The quantitative estimate of drug-likeness (QED) is 0.874. The Balaban J connectivity index is 2.06. The van der Waals surface area contributed by atoms with Crippen molar-refractivity contribution in [1.29, 1.82) is 0 Å². The van der Waals surface area contributed by atoms with Crippen molar-refractivity contribution >= 4 is 21.4 Å². The Morgan fingerprint density at radius 3 is 2.47 bits per heavy atom. The number of hydrogen-bond acceptors (Lipinski definition) is 2. The summed E-state index contributed by atoms with van der Waals surface area (Å²) in [6, 6.07) is 6.85. The highest BCUT2D eigenvalue weighted by Crippen LogP contribution is 2.45. The van der Waals surface area contributed by atoms with E-state index in [1.165, 1.54) is 6.07 Å². The predicted octanol–water partition coefficient (Wildman–Crippen LogP) is 4.30. The van der Waals surface area contributed by atoms with Gasteiger partial charge in [0.05, 0.1) is 0 Å². The maximum absolute atomic E-state index is 12.7. The highest BCUT2D eigenvalue weighted by molar-refractivity contribution is 7.19. The van der Waals surface area contributed by atoms with Gasteiger partial charge >= 0.3 is 6.18 Å². The van der Waals surface area contributed by atoms with Gasteiger partial charge in [-0.2, -0.15) is 13.2 Å². The predicted molar refractivity (Wildman–Crippen MR) is 71.4 cm³/mol. The minimum atomic E-state index is -4.26.